The van der Waals surface area contributed by atoms with Crippen LogP contribution in [0.1, 0.15) is 30.2 Å². The van der Waals surface area contributed by atoms with Gasteiger partial charge in [0.1, 0.15) is 0 Å². The molecule has 1 saturated heterocycles. The van der Waals surface area contributed by atoms with E-state index in [-0.39, 0.29) is 12.3 Å². The number of ether oxygens (including phenoxy) is 2. The van der Waals surface area contributed by atoms with E-state index >= 15 is 0 Å². The number of hydrogen-bond donors (Lipinski definition) is 1. The minimum atomic E-state index is -0.875. The lowest BCUT2D eigenvalue weighted by molar-refractivity contribution is -0.159. The molecule has 1 aliphatic heterocycles. The van der Waals surface area contributed by atoms with Crippen LogP contribution in [0, 0.1) is 6.92 Å². The Bertz CT molecular complexity index is 1100. The fourth-order valence-corrected chi connectivity index (χ4v) is 3.98. The Kier molecular flexibility index (Phi) is 5.90. The summed E-state index contributed by atoms with van der Waals surface area (Å²) in [5.74, 6) is -1.13. The molecule has 0 bridgehead atoms. The molecule has 0 radical (unpaired) electrons. The van der Waals surface area contributed by atoms with Gasteiger partial charge in [-0.25, -0.2) is 5.43 Å². The number of nitrogens with zero attached hydrogens (tertiary/aromatic N) is 2. The van der Waals surface area contributed by atoms with E-state index in [9.17, 15) is 4.79 Å². The van der Waals surface area contributed by atoms with Crippen LogP contribution in [0.15, 0.2) is 53.6 Å². The van der Waals surface area contributed by atoms with Crippen LogP contribution in [-0.2, 0) is 20.8 Å². The monoisotopic (exact) mass is 425 g/mol. The second-order valence-corrected chi connectivity index (χ2v) is 7.90. The first-order chi connectivity index (χ1) is 14.5. The third-order valence-corrected chi connectivity index (χ3v) is 5.70. The Morgan fingerprint density at radius 1 is 1.20 bits per heavy atom. The number of amides is 1. The molecule has 1 amide bonds. The van der Waals surface area contributed by atoms with Crippen molar-refractivity contribution in [1.29, 1.82) is 0 Å². The molecule has 0 unspecified atom stereocenters. The molecule has 0 aliphatic carbocycles. The molecule has 1 aliphatic rings. The van der Waals surface area contributed by atoms with E-state index in [2.05, 4.69) is 27.2 Å². The topological polar surface area (TPSA) is 64.8 Å². The zero-order valence-electron chi connectivity index (χ0n) is 17.0. The first kappa shape index (κ1) is 20.6. The second kappa shape index (κ2) is 8.60. The first-order valence-electron chi connectivity index (χ1n) is 9.88. The molecular formula is C23H24ClN3O3. The minimum absolute atomic E-state index is 0.0948. The van der Waals surface area contributed by atoms with Crippen molar-refractivity contribution in [1.82, 2.24) is 9.99 Å². The Morgan fingerprint density at radius 2 is 1.90 bits per heavy atom. The maximum Gasteiger partial charge on any atom is 0.245 e. The zero-order valence-corrected chi connectivity index (χ0v) is 17.8. The summed E-state index contributed by atoms with van der Waals surface area (Å²) in [7, 11) is 0. The zero-order chi connectivity index (χ0) is 21.1. The number of hydrogen-bond acceptors (Lipinski definition) is 4. The third-order valence-electron chi connectivity index (χ3n) is 5.33. The van der Waals surface area contributed by atoms with E-state index in [1.54, 1.807) is 13.1 Å². The van der Waals surface area contributed by atoms with Gasteiger partial charge in [-0.3, -0.25) is 4.79 Å². The number of carbonyl (C=O) groups excluding carboxylic acids is 1. The van der Waals surface area contributed by atoms with E-state index < -0.39 is 5.79 Å². The maximum atomic E-state index is 12.2. The number of halogens is 1. The molecule has 0 atom stereocenters. The van der Waals surface area contributed by atoms with Gasteiger partial charge in [-0.15, -0.1) is 0 Å². The SMILES string of the molecule is Cc1c(/C=N\NC(=O)CC2(C)OCCO2)c2ccccc2n1Cc1ccccc1Cl. The summed E-state index contributed by atoms with van der Waals surface area (Å²) in [6.45, 7) is 5.45. The minimum Gasteiger partial charge on any atom is -0.347 e. The van der Waals surface area contributed by atoms with Crippen molar-refractivity contribution in [2.75, 3.05) is 13.2 Å². The first-order valence-corrected chi connectivity index (χ1v) is 10.3. The number of nitrogens with one attached hydrogen (secondary N) is 1. The number of benzene rings is 2. The number of aromatic nitrogens is 1. The average molecular weight is 426 g/mol. The highest BCUT2D eigenvalue weighted by molar-refractivity contribution is 6.31. The Hall–Kier alpha value is -2.67. The van der Waals surface area contributed by atoms with Gasteiger partial charge < -0.3 is 14.0 Å². The van der Waals surface area contributed by atoms with Crippen LogP contribution in [0.4, 0.5) is 0 Å². The smallest absolute Gasteiger partial charge is 0.245 e. The highest BCUT2D eigenvalue weighted by Gasteiger charge is 2.33. The second-order valence-electron chi connectivity index (χ2n) is 7.49. The fourth-order valence-electron chi connectivity index (χ4n) is 3.78. The Morgan fingerprint density at radius 3 is 2.67 bits per heavy atom. The molecule has 156 valence electrons. The van der Waals surface area contributed by atoms with Gasteiger partial charge in [-0.2, -0.15) is 5.10 Å². The predicted molar refractivity (Wildman–Crippen MR) is 118 cm³/mol. The van der Waals surface area contributed by atoms with Crippen molar-refractivity contribution in [2.24, 2.45) is 5.10 Å². The molecule has 0 spiro atoms. The molecule has 6 nitrogen and oxygen atoms in total. The molecule has 1 aromatic heterocycles. The summed E-state index contributed by atoms with van der Waals surface area (Å²) < 4.78 is 13.2. The van der Waals surface area contributed by atoms with Gasteiger partial charge in [-0.1, -0.05) is 48.0 Å². The van der Waals surface area contributed by atoms with Crippen LogP contribution < -0.4 is 5.43 Å². The molecule has 2 heterocycles. The maximum absolute atomic E-state index is 12.2. The number of hydrazone groups is 1. The summed E-state index contributed by atoms with van der Waals surface area (Å²) in [6.07, 6.45) is 1.79. The highest BCUT2D eigenvalue weighted by Crippen LogP contribution is 2.27. The van der Waals surface area contributed by atoms with Gasteiger partial charge >= 0.3 is 0 Å². The van der Waals surface area contributed by atoms with E-state index in [0.29, 0.717) is 19.8 Å². The van der Waals surface area contributed by atoms with Gasteiger partial charge in [0.2, 0.25) is 5.91 Å². The highest BCUT2D eigenvalue weighted by atomic mass is 35.5. The summed E-state index contributed by atoms with van der Waals surface area (Å²) in [6, 6.07) is 16.0. The van der Waals surface area contributed by atoms with Crippen molar-refractivity contribution in [3.8, 4) is 0 Å². The fraction of sp³-hybridized carbons (Fsp3) is 0.304. The molecule has 30 heavy (non-hydrogen) atoms. The molecular weight excluding hydrogens is 402 g/mol. The number of para-hydroxylation sites is 1. The van der Waals surface area contributed by atoms with Crippen LogP contribution in [0.2, 0.25) is 5.02 Å². The lowest BCUT2D eigenvalue weighted by Crippen LogP contribution is -2.33. The molecule has 3 aromatic rings. The van der Waals surface area contributed by atoms with E-state index in [1.807, 2.05) is 43.3 Å². The van der Waals surface area contributed by atoms with Crippen LogP contribution in [0.25, 0.3) is 10.9 Å². The summed E-state index contributed by atoms with van der Waals surface area (Å²) >= 11 is 6.38. The summed E-state index contributed by atoms with van der Waals surface area (Å²) in [4.78, 5) is 12.2. The Balaban J connectivity index is 1.57. The quantitative estimate of drug-likeness (QED) is 0.474. The van der Waals surface area contributed by atoms with Crippen molar-refractivity contribution in [3.05, 3.63) is 70.4 Å². The van der Waals surface area contributed by atoms with Gasteiger partial charge in [0.05, 0.1) is 25.8 Å². The average Bonchev–Trinajstić information content (AvgIpc) is 3.26. The predicted octanol–water partition coefficient (Wildman–Crippen LogP) is 4.25. The standard InChI is InChI=1S/C23H24ClN3O3/c1-16-19(14-25-26-22(28)13-23(2)29-11-12-30-23)18-8-4-6-10-21(18)27(16)15-17-7-3-5-9-20(17)24/h3-10,14H,11-13,15H2,1-2H3,(H,26,28)/b25-14-. The Labute approximate surface area is 180 Å². The molecule has 4 rings (SSSR count). The van der Waals surface area contributed by atoms with Crippen LogP contribution in [0.5, 0.6) is 0 Å². The van der Waals surface area contributed by atoms with Crippen LogP contribution >= 0.6 is 11.6 Å². The van der Waals surface area contributed by atoms with Gasteiger partial charge in [0.15, 0.2) is 5.79 Å². The lowest BCUT2D eigenvalue weighted by Gasteiger charge is -2.20. The van der Waals surface area contributed by atoms with E-state index in [4.69, 9.17) is 21.1 Å². The van der Waals surface area contributed by atoms with Crippen molar-refractivity contribution < 1.29 is 14.3 Å². The van der Waals surface area contributed by atoms with Gasteiger partial charge in [0.25, 0.3) is 0 Å². The number of fused-ring (bicyclic) bond motifs is 1. The van der Waals surface area contributed by atoms with Crippen LogP contribution in [0.3, 0.4) is 0 Å². The van der Waals surface area contributed by atoms with Gasteiger partial charge in [-0.05, 0) is 31.5 Å². The summed E-state index contributed by atoms with van der Waals surface area (Å²) in [5, 5.41) is 5.99. The van der Waals surface area contributed by atoms with E-state index in [0.717, 1.165) is 32.7 Å². The molecule has 7 heteroatoms. The lowest BCUT2D eigenvalue weighted by atomic mass is 10.1. The largest absolute Gasteiger partial charge is 0.347 e. The molecule has 1 fully saturated rings. The van der Waals surface area contributed by atoms with Crippen molar-refractivity contribution in [2.45, 2.75) is 32.6 Å². The van der Waals surface area contributed by atoms with E-state index in [1.165, 1.54) is 0 Å². The van der Waals surface area contributed by atoms with Crippen molar-refractivity contribution in [3.63, 3.8) is 0 Å². The third kappa shape index (κ3) is 4.26. The van der Waals surface area contributed by atoms with Crippen LogP contribution in [-0.4, -0.2) is 35.7 Å². The van der Waals surface area contributed by atoms with Crippen molar-refractivity contribution >= 4 is 34.6 Å². The summed E-state index contributed by atoms with van der Waals surface area (Å²) in [5.41, 5.74) is 6.72. The molecule has 1 N–H and O–H groups in total. The normalized spacial score (nSPS) is 15.8. The number of carbonyl (C=O) groups is 1. The molecule has 2 aromatic carbocycles. The van der Waals surface area contributed by atoms with Gasteiger partial charge in [0, 0.05) is 33.7 Å². The molecule has 0 saturated carbocycles. The number of rotatable bonds is 6.